The molecule has 0 bridgehead atoms. The third-order valence-corrected chi connectivity index (χ3v) is 9.23. The molecule has 1 aromatic carbocycles. The molecule has 0 spiro atoms. The van der Waals surface area contributed by atoms with Crippen molar-refractivity contribution in [3.05, 3.63) is 57.4 Å². The summed E-state index contributed by atoms with van der Waals surface area (Å²) in [5, 5.41) is 9.27. The van der Waals surface area contributed by atoms with Crippen LogP contribution in [0, 0.1) is 17.2 Å². The number of aliphatic carboxylic acids is 1. The Morgan fingerprint density at radius 2 is 1.73 bits per heavy atom. The van der Waals surface area contributed by atoms with E-state index in [0.29, 0.717) is 44.9 Å². The molecular weight excluding hydrogens is 605 g/mol. The number of benzene rings is 1. The lowest BCUT2D eigenvalue weighted by atomic mass is 9.71. The average molecular weight is 643 g/mol. The predicted octanol–water partition coefficient (Wildman–Crippen LogP) is 8.37. The van der Waals surface area contributed by atoms with Crippen LogP contribution in [0.1, 0.15) is 101 Å². The van der Waals surface area contributed by atoms with Crippen LogP contribution in [0.4, 0.5) is 22.0 Å². The lowest BCUT2D eigenvalue weighted by Gasteiger charge is -2.32. The van der Waals surface area contributed by atoms with Crippen LogP contribution in [0.2, 0.25) is 5.02 Å². The second-order valence-corrected chi connectivity index (χ2v) is 12.6. The number of carbonyl (C=O) groups is 3. The molecule has 5 nitrogen and oxygen atoms in total. The van der Waals surface area contributed by atoms with Gasteiger partial charge in [-0.2, -0.15) is 13.2 Å². The first-order chi connectivity index (χ1) is 20.6. The number of hydrogen-bond donors (Lipinski definition) is 1. The fourth-order valence-electron chi connectivity index (χ4n) is 5.72. The molecule has 11 heteroatoms. The quantitative estimate of drug-likeness (QED) is 0.0816. The molecule has 0 aliphatic heterocycles. The molecule has 0 unspecified atom stereocenters. The summed E-state index contributed by atoms with van der Waals surface area (Å²) in [6.07, 6.45) is 2.02. The topological polar surface area (TPSA) is 85.5 Å². The maximum absolute atomic E-state index is 15.2. The predicted molar refractivity (Wildman–Crippen MR) is 160 cm³/mol. The van der Waals surface area contributed by atoms with Crippen molar-refractivity contribution in [3.63, 3.8) is 0 Å². The van der Waals surface area contributed by atoms with Crippen molar-refractivity contribution < 1.29 is 41.4 Å². The second kappa shape index (κ2) is 14.8. The zero-order valence-corrected chi connectivity index (χ0v) is 25.7. The lowest BCUT2D eigenvalue weighted by Crippen LogP contribution is -2.32. The van der Waals surface area contributed by atoms with Crippen LogP contribution in [0.15, 0.2) is 41.0 Å². The monoisotopic (exact) mass is 642 g/mol. The first-order valence-corrected chi connectivity index (χ1v) is 15.2. The lowest BCUT2D eigenvalue weighted by molar-refractivity contribution is -0.150. The molecule has 0 saturated heterocycles. The molecule has 2 aliphatic carbocycles. The van der Waals surface area contributed by atoms with Gasteiger partial charge < -0.3 is 5.11 Å². The molecule has 0 atom stereocenters. The van der Waals surface area contributed by atoms with Gasteiger partial charge in [0, 0.05) is 24.8 Å². The van der Waals surface area contributed by atoms with Crippen molar-refractivity contribution in [2.75, 3.05) is 0 Å². The van der Waals surface area contributed by atoms with Crippen molar-refractivity contribution in [1.82, 2.24) is 4.67 Å². The maximum atomic E-state index is 15.2. The van der Waals surface area contributed by atoms with Gasteiger partial charge in [-0.1, -0.05) is 36.6 Å². The summed E-state index contributed by atoms with van der Waals surface area (Å²) in [5.41, 5.74) is -4.92. The van der Waals surface area contributed by atoms with E-state index >= 15 is 4.39 Å². The minimum Gasteiger partial charge on any atom is -0.481 e. The van der Waals surface area contributed by atoms with Crippen LogP contribution >= 0.6 is 11.6 Å². The molecule has 1 aromatic rings. The summed E-state index contributed by atoms with van der Waals surface area (Å²) in [6, 6.07) is 3.69. The first-order valence-electron chi connectivity index (χ1n) is 14.8. The number of halogens is 6. The highest BCUT2D eigenvalue weighted by Crippen LogP contribution is 2.40. The van der Waals surface area contributed by atoms with Gasteiger partial charge in [-0.05, 0) is 82.4 Å². The molecule has 2 aliphatic rings. The molecule has 2 saturated carbocycles. The van der Waals surface area contributed by atoms with Crippen LogP contribution < -0.4 is 4.67 Å². The van der Waals surface area contributed by atoms with Gasteiger partial charge in [0.1, 0.15) is 17.1 Å². The van der Waals surface area contributed by atoms with Crippen LogP contribution in [0.3, 0.4) is 0 Å². The van der Waals surface area contributed by atoms with E-state index in [4.69, 9.17) is 11.6 Å². The van der Waals surface area contributed by atoms with Crippen molar-refractivity contribution >= 4 is 41.6 Å². The van der Waals surface area contributed by atoms with Gasteiger partial charge >= 0.3 is 18.4 Å². The fourth-order valence-corrected chi connectivity index (χ4v) is 5.99. The Bertz CT molecular complexity index is 1360. The van der Waals surface area contributed by atoms with E-state index < -0.39 is 58.2 Å². The average Bonchev–Trinajstić information content (AvgIpc) is 3.39. The van der Waals surface area contributed by atoms with E-state index in [9.17, 15) is 37.1 Å². The van der Waals surface area contributed by atoms with Gasteiger partial charge in [0.05, 0.1) is 16.0 Å². The summed E-state index contributed by atoms with van der Waals surface area (Å²) < 4.78 is 75.1. The van der Waals surface area contributed by atoms with Crippen molar-refractivity contribution in [2.24, 2.45) is 11.3 Å². The van der Waals surface area contributed by atoms with Gasteiger partial charge in [0.2, 0.25) is 0 Å². The largest absolute Gasteiger partial charge is 0.481 e. The molecule has 0 heterocycles. The SMILES string of the molecule is CC(=C(C=[N+]=CCC1CCC(C)(C(=O)O)CC1)C(=O)C(=CCC1(F)CCCC1)CCC(=O)c1c(F)cccc1Cl)C(F)(F)F. The minimum atomic E-state index is -4.87. The molecule has 3 rings (SSSR count). The number of ketones is 2. The zero-order valence-electron chi connectivity index (χ0n) is 24.9. The molecular formula is C33H38ClF5NO4+. The summed E-state index contributed by atoms with van der Waals surface area (Å²) in [6.45, 7) is 2.44. The number of carbonyl (C=O) groups excluding carboxylic acids is 2. The van der Waals surface area contributed by atoms with Crippen LogP contribution in [0.25, 0.3) is 0 Å². The summed E-state index contributed by atoms with van der Waals surface area (Å²) in [5.74, 6) is -3.40. The molecule has 2 fully saturated rings. The molecule has 44 heavy (non-hydrogen) atoms. The van der Waals surface area contributed by atoms with Gasteiger partial charge in [-0.25, -0.2) is 8.78 Å². The van der Waals surface area contributed by atoms with E-state index in [1.165, 1.54) is 24.4 Å². The number of carboxylic acid groups (broad SMARTS) is 1. The highest BCUT2D eigenvalue weighted by Gasteiger charge is 2.39. The van der Waals surface area contributed by atoms with Crippen molar-refractivity contribution in [3.8, 4) is 0 Å². The van der Waals surface area contributed by atoms with E-state index in [0.717, 1.165) is 19.2 Å². The van der Waals surface area contributed by atoms with Crippen LogP contribution in [-0.4, -0.2) is 46.9 Å². The van der Waals surface area contributed by atoms with Gasteiger partial charge in [0.15, 0.2) is 11.6 Å². The zero-order chi connectivity index (χ0) is 32.7. The second-order valence-electron chi connectivity index (χ2n) is 12.2. The number of Topliss-reactive ketones (excluding diaryl/α,β-unsaturated/α-hetero) is 2. The minimum absolute atomic E-state index is 0.102. The summed E-state index contributed by atoms with van der Waals surface area (Å²) in [7, 11) is 0. The number of allylic oxidation sites excluding steroid dienone is 4. The Balaban J connectivity index is 1.87. The van der Waals surface area contributed by atoms with Gasteiger partial charge in [0.25, 0.3) is 6.21 Å². The number of carboxylic acids is 1. The summed E-state index contributed by atoms with van der Waals surface area (Å²) >= 11 is 5.99. The van der Waals surface area contributed by atoms with E-state index in [-0.39, 0.29) is 47.8 Å². The van der Waals surface area contributed by atoms with Crippen molar-refractivity contribution in [1.29, 1.82) is 0 Å². The normalized spacial score (nSPS) is 22.5. The number of hydrogen-bond acceptors (Lipinski definition) is 3. The Hall–Kier alpha value is -3.10. The Morgan fingerprint density at radius 3 is 2.30 bits per heavy atom. The number of nitrogens with zero attached hydrogens (tertiary/aromatic N) is 1. The third kappa shape index (κ3) is 9.21. The highest BCUT2D eigenvalue weighted by molar-refractivity contribution is 6.34. The Morgan fingerprint density at radius 1 is 1.09 bits per heavy atom. The van der Waals surface area contributed by atoms with Gasteiger partial charge in [-0.3, -0.25) is 14.4 Å². The van der Waals surface area contributed by atoms with Crippen molar-refractivity contribution in [2.45, 2.75) is 103 Å². The van der Waals surface area contributed by atoms with Crippen LogP contribution in [-0.2, 0) is 9.59 Å². The molecule has 0 radical (unpaired) electrons. The standard InChI is InChI=1S/C33H37ClF5NO4/c1-21(33(37,38)39)24(20-40-19-13-22-10-16-31(2,17-11-22)30(43)44)29(42)23(12-18-32(36)14-3-4-15-32)8-9-27(41)28-25(34)6-5-7-26(28)35/h5-7,12,19-20,22H,3-4,8-11,13-18H2,1-2H3/p+1. The smallest absolute Gasteiger partial charge is 0.413 e. The van der Waals surface area contributed by atoms with E-state index in [1.807, 2.05) is 0 Å². The number of alkyl halides is 4. The first kappa shape index (κ1) is 35.4. The molecule has 1 N–H and O–H groups in total. The fraction of sp³-hybridized carbons (Fsp3) is 0.545. The molecule has 0 amide bonds. The Labute approximate surface area is 259 Å². The van der Waals surface area contributed by atoms with E-state index in [1.54, 1.807) is 6.92 Å². The van der Waals surface area contributed by atoms with Gasteiger partial charge in [-0.15, -0.1) is 4.67 Å². The van der Waals surface area contributed by atoms with Crippen LogP contribution in [0.5, 0.6) is 0 Å². The highest BCUT2D eigenvalue weighted by atomic mass is 35.5. The Kier molecular flexibility index (Phi) is 11.9. The van der Waals surface area contributed by atoms with E-state index in [2.05, 4.69) is 4.67 Å². The summed E-state index contributed by atoms with van der Waals surface area (Å²) in [4.78, 5) is 38.0. The maximum Gasteiger partial charge on any atom is 0.413 e. The third-order valence-electron chi connectivity index (χ3n) is 8.92. The number of rotatable bonds is 12. The molecule has 240 valence electrons. The molecule has 0 aromatic heterocycles.